The van der Waals surface area contributed by atoms with E-state index in [0.717, 1.165) is 161 Å². The van der Waals surface area contributed by atoms with Gasteiger partial charge in [0.1, 0.15) is 18.8 Å². The smallest absolute Gasteiger partial charge is 0.335 e. The van der Waals surface area contributed by atoms with Gasteiger partial charge in [-0.3, -0.25) is 14.4 Å². The van der Waals surface area contributed by atoms with Crippen LogP contribution in [-0.2, 0) is 42.9 Å². The zero-order valence-corrected chi connectivity index (χ0v) is 52.4. The second-order valence-corrected chi connectivity index (χ2v) is 22.4. The first-order valence-electron chi connectivity index (χ1n) is 33.2. The van der Waals surface area contributed by atoms with Gasteiger partial charge in [0.2, 0.25) is 0 Å². The zero-order chi connectivity index (χ0) is 60.3. The van der Waals surface area contributed by atoms with E-state index in [1.54, 1.807) is 0 Å². The molecule has 0 aromatic rings. The van der Waals surface area contributed by atoms with E-state index < -0.39 is 67.3 Å². The molecule has 1 aliphatic rings. The number of carboxylic acids is 1. The monoisotopic (exact) mass is 1160 g/mol. The SMILES string of the molecule is CC/C=C\C/C=C\C/C=C\CCCCCCCCCC(=O)OC1C(OCC(COC(=O)CCCCCCCC/C=C\C/C=C\C/C=C\CCCCC)OC(=O)CCCCCCCCC/C=C\C/C=C\CCCCC)OC(C(=O)O)C(O)C1O. The first-order valence-corrected chi connectivity index (χ1v) is 33.2. The molecule has 0 radical (unpaired) electrons. The summed E-state index contributed by atoms with van der Waals surface area (Å²) in [5, 5.41) is 31.6. The van der Waals surface area contributed by atoms with Crippen molar-refractivity contribution in [3.63, 3.8) is 0 Å². The topological polar surface area (TPSA) is 175 Å². The molecule has 12 nitrogen and oxygen atoms in total. The molecule has 0 aliphatic carbocycles. The third-order valence-electron chi connectivity index (χ3n) is 14.6. The molecule has 474 valence electrons. The molecule has 1 fully saturated rings. The maximum atomic E-state index is 13.2. The molecular formula is C71H118O12. The molecule has 0 aromatic heterocycles. The predicted molar refractivity (Wildman–Crippen MR) is 340 cm³/mol. The number of aliphatic hydroxyl groups excluding tert-OH is 2. The molecule has 6 atom stereocenters. The molecule has 1 saturated heterocycles. The third-order valence-corrected chi connectivity index (χ3v) is 14.6. The minimum atomic E-state index is -1.91. The van der Waals surface area contributed by atoms with Crippen molar-refractivity contribution < 1.29 is 58.2 Å². The summed E-state index contributed by atoms with van der Waals surface area (Å²) in [6, 6.07) is 0. The van der Waals surface area contributed by atoms with Crippen molar-refractivity contribution in [1.82, 2.24) is 0 Å². The summed E-state index contributed by atoms with van der Waals surface area (Å²) in [6.07, 6.45) is 64.9. The Kier molecular flexibility index (Phi) is 53.6. The van der Waals surface area contributed by atoms with Crippen LogP contribution in [0.2, 0.25) is 0 Å². The average molecular weight is 1160 g/mol. The fourth-order valence-corrected chi connectivity index (χ4v) is 9.54. The van der Waals surface area contributed by atoms with Crippen LogP contribution in [-0.4, -0.2) is 89.2 Å². The first kappa shape index (κ1) is 76.7. The third kappa shape index (κ3) is 47.6. The molecule has 1 rings (SSSR count). The summed E-state index contributed by atoms with van der Waals surface area (Å²) in [4.78, 5) is 51.4. The van der Waals surface area contributed by atoms with Crippen molar-refractivity contribution in [2.24, 2.45) is 0 Å². The lowest BCUT2D eigenvalue weighted by Crippen LogP contribution is -2.61. The Hall–Kier alpha value is -4.36. The largest absolute Gasteiger partial charge is 0.479 e. The number of rotatable bonds is 56. The summed E-state index contributed by atoms with van der Waals surface area (Å²) in [5.74, 6) is -3.15. The second-order valence-electron chi connectivity index (χ2n) is 22.4. The number of aliphatic hydroxyl groups is 2. The summed E-state index contributed by atoms with van der Waals surface area (Å²) >= 11 is 0. The number of aliphatic carboxylic acids is 1. The van der Waals surface area contributed by atoms with E-state index in [9.17, 15) is 34.5 Å². The highest BCUT2D eigenvalue weighted by molar-refractivity contribution is 5.74. The van der Waals surface area contributed by atoms with Gasteiger partial charge >= 0.3 is 23.9 Å². The fraction of sp³-hybridized carbons (Fsp3) is 0.718. The van der Waals surface area contributed by atoms with Crippen LogP contribution in [0.3, 0.4) is 0 Å². The first-order chi connectivity index (χ1) is 40.6. The Balaban J connectivity index is 2.68. The molecule has 1 heterocycles. The zero-order valence-electron chi connectivity index (χ0n) is 52.4. The Morgan fingerprint density at radius 3 is 1.16 bits per heavy atom. The standard InChI is InChI=1S/C71H118O12/c1-4-7-10-13-16-19-22-25-28-31-32-35-36-39-42-45-48-51-54-57-63(72)79-60-62(81-64(73)58-55-52-49-46-43-40-37-33-29-26-23-20-17-14-11-8-5-2)61-80-71-69(67(76)66(75)68(83-71)70(77)78)82-65(74)59-56-53-50-47-44-41-38-34-30-27-24-21-18-15-12-9-6-3/h9,12,16-21,25-30,32,35,62,66-69,71,75-76H,4-8,10-11,13-15,22-24,31,33-34,36-61H2,1-3H3,(H,77,78)/b12-9-,19-16-,20-17-,21-18-,28-25-,29-26-,30-27-,35-32-. The van der Waals surface area contributed by atoms with Gasteiger partial charge in [0, 0.05) is 19.3 Å². The number of carbonyl (C=O) groups is 4. The van der Waals surface area contributed by atoms with Gasteiger partial charge in [0.05, 0.1) is 6.61 Å². The quantitative estimate of drug-likeness (QED) is 0.0228. The number of unbranched alkanes of at least 4 members (excludes halogenated alkanes) is 26. The van der Waals surface area contributed by atoms with Crippen LogP contribution in [0, 0.1) is 0 Å². The van der Waals surface area contributed by atoms with E-state index in [1.807, 2.05) is 0 Å². The van der Waals surface area contributed by atoms with Gasteiger partial charge in [-0.05, 0) is 122 Å². The highest BCUT2D eigenvalue weighted by atomic mass is 16.7. The lowest BCUT2D eigenvalue weighted by atomic mass is 9.98. The number of ether oxygens (including phenoxy) is 5. The van der Waals surface area contributed by atoms with E-state index in [0.29, 0.717) is 19.3 Å². The van der Waals surface area contributed by atoms with Crippen molar-refractivity contribution in [2.45, 2.75) is 314 Å². The Morgan fingerprint density at radius 1 is 0.410 bits per heavy atom. The highest BCUT2D eigenvalue weighted by Crippen LogP contribution is 2.27. The summed E-state index contributed by atoms with van der Waals surface area (Å²) in [6.45, 7) is 5.84. The van der Waals surface area contributed by atoms with Crippen molar-refractivity contribution in [3.05, 3.63) is 97.2 Å². The van der Waals surface area contributed by atoms with E-state index in [1.165, 1.54) is 57.8 Å². The van der Waals surface area contributed by atoms with E-state index >= 15 is 0 Å². The van der Waals surface area contributed by atoms with E-state index in [-0.39, 0.29) is 25.9 Å². The molecule has 0 aromatic carbocycles. The lowest BCUT2D eigenvalue weighted by molar-refractivity contribution is -0.301. The van der Waals surface area contributed by atoms with Crippen LogP contribution in [0.5, 0.6) is 0 Å². The maximum absolute atomic E-state index is 13.2. The molecular weight excluding hydrogens is 1040 g/mol. The highest BCUT2D eigenvalue weighted by Gasteiger charge is 2.50. The van der Waals surface area contributed by atoms with Crippen LogP contribution < -0.4 is 0 Å². The Morgan fingerprint density at radius 2 is 0.759 bits per heavy atom. The average Bonchev–Trinajstić information content (AvgIpc) is 3.55. The van der Waals surface area contributed by atoms with Crippen LogP contribution in [0.25, 0.3) is 0 Å². The minimum Gasteiger partial charge on any atom is -0.479 e. The number of esters is 3. The maximum Gasteiger partial charge on any atom is 0.335 e. The minimum absolute atomic E-state index is 0.0434. The molecule has 0 amide bonds. The fourth-order valence-electron chi connectivity index (χ4n) is 9.54. The van der Waals surface area contributed by atoms with Gasteiger partial charge in [-0.15, -0.1) is 0 Å². The normalized spacial score (nSPS) is 18.2. The van der Waals surface area contributed by atoms with Crippen molar-refractivity contribution >= 4 is 23.9 Å². The van der Waals surface area contributed by atoms with Crippen molar-refractivity contribution in [3.8, 4) is 0 Å². The molecule has 6 unspecified atom stereocenters. The van der Waals surface area contributed by atoms with E-state index in [4.69, 9.17) is 23.7 Å². The molecule has 0 saturated carbocycles. The van der Waals surface area contributed by atoms with Gasteiger partial charge in [-0.2, -0.15) is 0 Å². The molecule has 3 N–H and O–H groups in total. The van der Waals surface area contributed by atoms with Gasteiger partial charge in [-0.25, -0.2) is 4.79 Å². The van der Waals surface area contributed by atoms with E-state index in [2.05, 4.69) is 118 Å². The molecule has 12 heteroatoms. The Labute approximate surface area is 504 Å². The molecule has 0 bridgehead atoms. The van der Waals surface area contributed by atoms with Gasteiger partial charge in [0.15, 0.2) is 24.6 Å². The number of carbonyl (C=O) groups excluding carboxylic acids is 3. The van der Waals surface area contributed by atoms with Crippen molar-refractivity contribution in [1.29, 1.82) is 0 Å². The van der Waals surface area contributed by atoms with Crippen molar-refractivity contribution in [2.75, 3.05) is 13.2 Å². The summed E-state index contributed by atoms with van der Waals surface area (Å²) in [7, 11) is 0. The van der Waals surface area contributed by atoms with Gasteiger partial charge in [0.25, 0.3) is 0 Å². The second kappa shape index (κ2) is 58.0. The number of hydrogen-bond acceptors (Lipinski definition) is 11. The molecule has 83 heavy (non-hydrogen) atoms. The lowest BCUT2D eigenvalue weighted by Gasteiger charge is -2.40. The van der Waals surface area contributed by atoms with Crippen LogP contribution >= 0.6 is 0 Å². The Bertz CT molecular complexity index is 1810. The number of hydrogen-bond donors (Lipinski definition) is 3. The van der Waals surface area contributed by atoms with Gasteiger partial charge < -0.3 is 39.0 Å². The summed E-state index contributed by atoms with van der Waals surface area (Å²) < 4.78 is 28.5. The van der Waals surface area contributed by atoms with Crippen LogP contribution in [0.15, 0.2) is 97.2 Å². The predicted octanol–water partition coefficient (Wildman–Crippen LogP) is 18.0. The molecule has 1 aliphatic heterocycles. The van der Waals surface area contributed by atoms with Gasteiger partial charge in [-0.1, -0.05) is 234 Å². The number of carboxylic acid groups (broad SMARTS) is 1. The number of allylic oxidation sites excluding steroid dienone is 16. The van der Waals surface area contributed by atoms with Crippen LogP contribution in [0.1, 0.15) is 278 Å². The molecule has 0 spiro atoms. The summed E-state index contributed by atoms with van der Waals surface area (Å²) in [5.41, 5.74) is 0. The van der Waals surface area contributed by atoms with Crippen LogP contribution in [0.4, 0.5) is 0 Å².